The number of methoxy groups -OCH3 is 1. The van der Waals surface area contributed by atoms with Crippen molar-refractivity contribution in [2.75, 3.05) is 28.5 Å². The van der Waals surface area contributed by atoms with E-state index < -0.39 is 29.3 Å². The van der Waals surface area contributed by atoms with Crippen LogP contribution in [0.2, 0.25) is 0 Å². The molecule has 6 rings (SSSR count). The lowest BCUT2D eigenvalue weighted by Crippen LogP contribution is -2.30. The second kappa shape index (κ2) is 14.8. The van der Waals surface area contributed by atoms with Gasteiger partial charge in [-0.1, -0.05) is 48.5 Å². The van der Waals surface area contributed by atoms with Crippen LogP contribution in [0.5, 0.6) is 5.75 Å². The van der Waals surface area contributed by atoms with Crippen LogP contribution in [-0.4, -0.2) is 36.3 Å². The van der Waals surface area contributed by atoms with E-state index in [1.807, 2.05) is 0 Å². The van der Waals surface area contributed by atoms with Crippen LogP contribution in [0.1, 0.15) is 37.4 Å². The van der Waals surface area contributed by atoms with E-state index >= 15 is 0 Å². The Morgan fingerprint density at radius 1 is 0.654 bits per heavy atom. The summed E-state index contributed by atoms with van der Waals surface area (Å²) in [7, 11) is 1.38. The van der Waals surface area contributed by atoms with Crippen molar-refractivity contribution < 1.29 is 37.1 Å². The standard InChI is InChI=1S/C39H28F3N5O5/c1-52-33-19-14-25(37(50)45-29-12-7-11-26(22-29)39(40,41)42)21-32(33)46-47-34-30-13-6-5-10-24(30)20-31(35(34)48)38(51)44-28-17-15-27(16-18-28)43-36(49)23-8-3-2-4-9-23/h2-22,46H,1H3,(H,43,49)(H,44,51)(H,45,50)/b47-34+. The Morgan fingerprint density at radius 3 is 1.98 bits per heavy atom. The van der Waals surface area contributed by atoms with E-state index in [9.17, 15) is 32.3 Å². The van der Waals surface area contributed by atoms with Gasteiger partial charge in [-0.05, 0) is 84.4 Å². The molecule has 4 N–H and O–H groups in total. The van der Waals surface area contributed by atoms with Crippen LogP contribution in [0.3, 0.4) is 0 Å². The number of carbonyl (C=O) groups excluding carboxylic acids is 4. The fraction of sp³-hybridized carbons (Fsp3) is 0.0513. The summed E-state index contributed by atoms with van der Waals surface area (Å²) in [4.78, 5) is 52.7. The third kappa shape index (κ3) is 7.89. The summed E-state index contributed by atoms with van der Waals surface area (Å²) in [5.41, 5.74) is 4.06. The highest BCUT2D eigenvalue weighted by Gasteiger charge is 2.31. The van der Waals surface area contributed by atoms with E-state index in [1.165, 1.54) is 43.5 Å². The fourth-order valence-electron chi connectivity index (χ4n) is 5.25. The van der Waals surface area contributed by atoms with Crippen molar-refractivity contribution in [3.8, 4) is 5.75 Å². The van der Waals surface area contributed by atoms with E-state index in [2.05, 4.69) is 26.5 Å². The molecule has 13 heteroatoms. The van der Waals surface area contributed by atoms with Gasteiger partial charge >= 0.3 is 6.18 Å². The maximum Gasteiger partial charge on any atom is 0.416 e. The first-order valence-corrected chi connectivity index (χ1v) is 15.6. The number of ketones is 1. The molecule has 10 nitrogen and oxygen atoms in total. The van der Waals surface area contributed by atoms with E-state index in [0.717, 1.165) is 12.1 Å². The minimum atomic E-state index is -4.59. The number of anilines is 4. The number of rotatable bonds is 9. The largest absolute Gasteiger partial charge is 0.495 e. The molecule has 0 radical (unpaired) electrons. The molecule has 0 aliphatic heterocycles. The monoisotopic (exact) mass is 703 g/mol. The van der Waals surface area contributed by atoms with Crippen molar-refractivity contribution in [1.82, 2.24) is 0 Å². The van der Waals surface area contributed by atoms with Crippen LogP contribution < -0.4 is 26.1 Å². The molecular weight excluding hydrogens is 675 g/mol. The first-order valence-electron chi connectivity index (χ1n) is 15.6. The van der Waals surface area contributed by atoms with Gasteiger partial charge in [0, 0.05) is 33.8 Å². The Morgan fingerprint density at radius 2 is 1.29 bits per heavy atom. The molecule has 0 bridgehead atoms. The topological polar surface area (TPSA) is 138 Å². The molecule has 0 aromatic heterocycles. The molecule has 0 heterocycles. The summed E-state index contributed by atoms with van der Waals surface area (Å²) >= 11 is 0. The number of hydrogen-bond donors (Lipinski definition) is 4. The van der Waals surface area contributed by atoms with Crippen LogP contribution >= 0.6 is 0 Å². The highest BCUT2D eigenvalue weighted by molar-refractivity contribution is 6.59. The molecule has 1 aliphatic carbocycles. The van der Waals surface area contributed by atoms with Gasteiger partial charge in [-0.2, -0.15) is 18.3 Å². The van der Waals surface area contributed by atoms with Gasteiger partial charge in [0.1, 0.15) is 11.5 Å². The SMILES string of the molecule is COc1ccc(C(=O)Nc2cccc(C(F)(F)F)c2)cc1N/N=C1/C(=O)C(C(=O)Nc2ccc(NC(=O)c3ccccc3)cc2)=Cc2ccccc21. The second-order valence-electron chi connectivity index (χ2n) is 11.3. The van der Waals surface area contributed by atoms with Gasteiger partial charge in [0.05, 0.1) is 23.9 Å². The predicted molar refractivity (Wildman–Crippen MR) is 191 cm³/mol. The summed E-state index contributed by atoms with van der Waals surface area (Å²) in [6.07, 6.45) is -3.13. The quantitative estimate of drug-likeness (QED) is 0.0920. The zero-order valence-corrected chi connectivity index (χ0v) is 27.2. The van der Waals surface area contributed by atoms with Crippen LogP contribution in [0.15, 0.2) is 132 Å². The number of halogens is 3. The second-order valence-corrected chi connectivity index (χ2v) is 11.3. The number of ether oxygens (including phenoxy) is 1. The number of amides is 3. The Labute approximate surface area is 295 Å². The van der Waals surface area contributed by atoms with Gasteiger partial charge < -0.3 is 20.7 Å². The highest BCUT2D eigenvalue weighted by atomic mass is 19.4. The summed E-state index contributed by atoms with van der Waals surface area (Å²) < 4.78 is 44.9. The molecule has 3 amide bonds. The molecule has 0 atom stereocenters. The Balaban J connectivity index is 1.19. The van der Waals surface area contributed by atoms with Gasteiger partial charge in [-0.3, -0.25) is 24.6 Å². The van der Waals surface area contributed by atoms with E-state index in [-0.39, 0.29) is 39.9 Å². The number of Topliss-reactive ketones (excluding diaryl/α,β-unsaturated/α-hetero) is 1. The highest BCUT2D eigenvalue weighted by Crippen LogP contribution is 2.32. The molecule has 5 aromatic carbocycles. The molecule has 0 fully saturated rings. The lowest BCUT2D eigenvalue weighted by atomic mass is 9.89. The molecule has 0 saturated carbocycles. The zero-order valence-electron chi connectivity index (χ0n) is 27.2. The summed E-state index contributed by atoms with van der Waals surface area (Å²) in [6, 6.07) is 30.4. The number of hydrazone groups is 1. The number of nitrogens with one attached hydrogen (secondary N) is 4. The molecule has 260 valence electrons. The van der Waals surface area contributed by atoms with Crippen LogP contribution in [-0.2, 0) is 15.8 Å². The van der Waals surface area contributed by atoms with Crippen molar-refractivity contribution in [2.24, 2.45) is 5.10 Å². The predicted octanol–water partition coefficient (Wildman–Crippen LogP) is 7.64. The first-order chi connectivity index (χ1) is 25.0. The van der Waals surface area contributed by atoms with Crippen molar-refractivity contribution >= 4 is 58.0 Å². The van der Waals surface area contributed by atoms with E-state index in [0.29, 0.717) is 28.1 Å². The lowest BCUT2D eigenvalue weighted by Gasteiger charge is -2.18. The molecule has 0 unspecified atom stereocenters. The summed E-state index contributed by atoms with van der Waals surface area (Å²) in [5, 5.41) is 12.3. The first kappa shape index (κ1) is 34.8. The zero-order chi connectivity index (χ0) is 36.8. The van der Waals surface area contributed by atoms with Crippen LogP contribution in [0.4, 0.5) is 35.9 Å². The van der Waals surface area contributed by atoms with Crippen molar-refractivity contribution in [1.29, 1.82) is 0 Å². The molecular formula is C39H28F3N5O5. The normalized spacial score (nSPS) is 13.0. The maximum atomic E-state index is 13.8. The molecule has 1 aliphatic rings. The number of carbonyl (C=O) groups is 4. The van der Waals surface area contributed by atoms with Crippen molar-refractivity contribution in [2.45, 2.75) is 6.18 Å². The minimum absolute atomic E-state index is 0.0573. The minimum Gasteiger partial charge on any atom is -0.495 e. The third-order valence-corrected chi connectivity index (χ3v) is 7.85. The molecule has 52 heavy (non-hydrogen) atoms. The Hall–Kier alpha value is -7.02. The number of alkyl halides is 3. The Bertz CT molecular complexity index is 2250. The van der Waals surface area contributed by atoms with Gasteiger partial charge in [0.25, 0.3) is 17.7 Å². The number of nitrogens with zero attached hydrogens (tertiary/aromatic N) is 1. The smallest absolute Gasteiger partial charge is 0.416 e. The van der Waals surface area contributed by atoms with Crippen LogP contribution in [0.25, 0.3) is 6.08 Å². The summed E-state index contributed by atoms with van der Waals surface area (Å²) in [5.74, 6) is -2.14. The average Bonchev–Trinajstić information content (AvgIpc) is 3.15. The third-order valence-electron chi connectivity index (χ3n) is 7.85. The van der Waals surface area contributed by atoms with Gasteiger partial charge in [0.2, 0.25) is 5.78 Å². The van der Waals surface area contributed by atoms with Crippen LogP contribution in [0, 0.1) is 0 Å². The van der Waals surface area contributed by atoms with Gasteiger partial charge in [0.15, 0.2) is 0 Å². The van der Waals surface area contributed by atoms with Gasteiger partial charge in [-0.15, -0.1) is 0 Å². The molecule has 0 spiro atoms. The number of benzene rings is 5. The fourth-order valence-corrected chi connectivity index (χ4v) is 5.25. The average molecular weight is 704 g/mol. The molecule has 0 saturated heterocycles. The number of hydrogen-bond acceptors (Lipinski definition) is 7. The van der Waals surface area contributed by atoms with Gasteiger partial charge in [-0.25, -0.2) is 0 Å². The van der Waals surface area contributed by atoms with Crippen molar-refractivity contribution in [3.05, 3.63) is 155 Å². The molecule has 5 aromatic rings. The number of fused-ring (bicyclic) bond motifs is 1. The Kier molecular flexibility index (Phi) is 9.94. The summed E-state index contributed by atoms with van der Waals surface area (Å²) in [6.45, 7) is 0. The van der Waals surface area contributed by atoms with E-state index in [4.69, 9.17) is 4.74 Å². The lowest BCUT2D eigenvalue weighted by molar-refractivity contribution is -0.137. The maximum absolute atomic E-state index is 13.8. The van der Waals surface area contributed by atoms with Crippen molar-refractivity contribution in [3.63, 3.8) is 0 Å². The van der Waals surface area contributed by atoms with E-state index in [1.54, 1.807) is 78.9 Å².